The first-order chi connectivity index (χ1) is 20.4. The van der Waals surface area contributed by atoms with Crippen LogP contribution in [0.5, 0.6) is 0 Å². The molecule has 0 unspecified atom stereocenters. The molecule has 0 spiro atoms. The lowest BCUT2D eigenvalue weighted by molar-refractivity contribution is -0.117. The average Bonchev–Trinajstić information content (AvgIpc) is 3.13. The van der Waals surface area contributed by atoms with E-state index in [1.165, 1.54) is 17.7 Å². The average molecular weight is 561 g/mol. The van der Waals surface area contributed by atoms with Crippen LogP contribution in [0.15, 0.2) is 47.5 Å². The molecule has 2 aromatic carbocycles. The molecular formula is C32H32N8O2. The zero-order valence-electron chi connectivity index (χ0n) is 24.0. The number of carbonyl (C=O) groups is 2. The van der Waals surface area contributed by atoms with E-state index in [4.69, 9.17) is 15.0 Å². The van der Waals surface area contributed by atoms with Crippen molar-refractivity contribution in [3.63, 3.8) is 0 Å². The van der Waals surface area contributed by atoms with E-state index in [1.807, 2.05) is 43.3 Å². The number of amidine groups is 1. The summed E-state index contributed by atoms with van der Waals surface area (Å²) in [5, 5.41) is 17.3. The van der Waals surface area contributed by atoms with Crippen molar-refractivity contribution in [3.05, 3.63) is 53.6 Å². The van der Waals surface area contributed by atoms with Crippen LogP contribution in [0.1, 0.15) is 43.7 Å². The molecular weight excluding hydrogens is 528 g/mol. The van der Waals surface area contributed by atoms with Gasteiger partial charge in [-0.05, 0) is 42.7 Å². The van der Waals surface area contributed by atoms with E-state index in [2.05, 4.69) is 22.4 Å². The first-order valence-electron chi connectivity index (χ1n) is 14.2. The zero-order chi connectivity index (χ0) is 29.4. The highest BCUT2D eigenvalue weighted by Crippen LogP contribution is 2.47. The molecule has 1 fully saturated rings. The molecule has 0 saturated carbocycles. The normalized spacial score (nSPS) is 15.7. The number of amides is 2. The number of nitriles is 1. The maximum absolute atomic E-state index is 13.5. The van der Waals surface area contributed by atoms with Gasteiger partial charge in [-0.3, -0.25) is 14.5 Å². The second kappa shape index (κ2) is 11.1. The van der Waals surface area contributed by atoms with Crippen molar-refractivity contribution >= 4 is 68.7 Å². The zero-order valence-corrected chi connectivity index (χ0v) is 24.0. The molecule has 0 radical (unpaired) electrons. The molecule has 2 amide bonds. The Bertz CT molecular complexity index is 1800. The summed E-state index contributed by atoms with van der Waals surface area (Å²) in [6.07, 6.45) is 5.42. The highest BCUT2D eigenvalue weighted by molar-refractivity contribution is 6.19. The molecule has 7 rings (SSSR count). The van der Waals surface area contributed by atoms with Crippen LogP contribution in [0.3, 0.4) is 0 Å². The third kappa shape index (κ3) is 4.77. The molecule has 1 saturated heterocycles. The fourth-order valence-corrected chi connectivity index (χ4v) is 5.86. The van der Waals surface area contributed by atoms with E-state index >= 15 is 0 Å². The third-order valence-corrected chi connectivity index (χ3v) is 7.77. The summed E-state index contributed by atoms with van der Waals surface area (Å²) >= 11 is 0. The number of aromatic nitrogens is 2. The van der Waals surface area contributed by atoms with Crippen molar-refractivity contribution in [2.24, 2.45) is 4.99 Å². The smallest absolute Gasteiger partial charge is 0.237 e. The van der Waals surface area contributed by atoms with Crippen molar-refractivity contribution < 1.29 is 9.59 Å². The Hall–Kier alpha value is -5.04. The van der Waals surface area contributed by atoms with Crippen LogP contribution in [0.2, 0.25) is 0 Å². The van der Waals surface area contributed by atoms with Gasteiger partial charge in [0, 0.05) is 38.1 Å². The summed E-state index contributed by atoms with van der Waals surface area (Å²) in [4.78, 5) is 42.9. The van der Waals surface area contributed by atoms with Crippen molar-refractivity contribution in [1.29, 1.82) is 5.26 Å². The van der Waals surface area contributed by atoms with Gasteiger partial charge in [-0.25, -0.2) is 15.0 Å². The van der Waals surface area contributed by atoms with Gasteiger partial charge in [0.1, 0.15) is 34.9 Å². The lowest BCUT2D eigenvalue weighted by atomic mass is 9.99. The van der Waals surface area contributed by atoms with Crippen LogP contribution in [-0.2, 0) is 16.0 Å². The molecule has 42 heavy (non-hydrogen) atoms. The lowest BCUT2D eigenvalue weighted by Gasteiger charge is -2.26. The third-order valence-electron chi connectivity index (χ3n) is 7.77. The Labute approximate surface area is 244 Å². The van der Waals surface area contributed by atoms with Crippen molar-refractivity contribution in [2.75, 3.05) is 42.3 Å². The van der Waals surface area contributed by atoms with Crippen molar-refractivity contribution in [2.45, 2.75) is 39.0 Å². The van der Waals surface area contributed by atoms with Gasteiger partial charge in [0.15, 0.2) is 5.82 Å². The number of hydrogen-bond acceptors (Lipinski definition) is 8. The first-order valence-corrected chi connectivity index (χ1v) is 14.2. The topological polar surface area (TPSA) is 118 Å². The van der Waals surface area contributed by atoms with Gasteiger partial charge in [-0.15, -0.1) is 0 Å². The number of hydrogen-bond donors (Lipinski definition) is 1. The number of benzene rings is 2. The molecule has 10 nitrogen and oxygen atoms in total. The second-order valence-electron chi connectivity index (χ2n) is 11.0. The molecule has 0 aliphatic carbocycles. The number of nitrogens with zero attached hydrogens (tertiary/aromatic N) is 7. The SMILES string of the molecule is CC1=Nc2nc(N3CCCCCC3)c(C#N)c3c4c(nc(c23)N1)N(c1ccc2ccccc2c1)C(=O)C4.CN(C)C=O. The van der Waals surface area contributed by atoms with Crippen LogP contribution in [-0.4, -0.2) is 60.2 Å². The van der Waals surface area contributed by atoms with Crippen LogP contribution in [0.4, 0.5) is 29.0 Å². The standard InChI is InChI=1S/C29H25N7O.C3H7NO/c1-17-31-26-25-24(22(16-30)28(33-26)35-12-6-2-3-7-13-35)21-15-23(37)36(29(21)34-27(25)32-17)20-11-10-18-8-4-5-9-19(18)14-20;1-4(2)3-5/h4-5,8-11,14H,2-3,6-7,12-13,15H2,1H3,(H,31,32,33,34);3H,1-2H3. The van der Waals surface area contributed by atoms with Crippen molar-refractivity contribution in [3.8, 4) is 6.07 Å². The molecule has 0 bridgehead atoms. The van der Waals surface area contributed by atoms with E-state index in [0.717, 1.165) is 59.8 Å². The van der Waals surface area contributed by atoms with E-state index < -0.39 is 0 Å². The summed E-state index contributed by atoms with van der Waals surface area (Å²) < 4.78 is 0. The minimum absolute atomic E-state index is 0.0632. The number of carbonyl (C=O) groups excluding carboxylic acids is 2. The van der Waals surface area contributed by atoms with Crippen LogP contribution in [0.25, 0.3) is 21.5 Å². The Morgan fingerprint density at radius 3 is 2.38 bits per heavy atom. The lowest BCUT2D eigenvalue weighted by Crippen LogP contribution is -2.26. The summed E-state index contributed by atoms with van der Waals surface area (Å²) in [6, 6.07) is 16.5. The maximum Gasteiger partial charge on any atom is 0.237 e. The fourth-order valence-electron chi connectivity index (χ4n) is 5.86. The Kier molecular flexibility index (Phi) is 7.17. The summed E-state index contributed by atoms with van der Waals surface area (Å²) in [7, 11) is 3.38. The number of rotatable bonds is 3. The quantitative estimate of drug-likeness (QED) is 0.332. The summed E-state index contributed by atoms with van der Waals surface area (Å²) in [5.74, 6) is 3.00. The van der Waals surface area contributed by atoms with Gasteiger partial charge in [0.05, 0.1) is 17.5 Å². The molecule has 3 aliphatic heterocycles. The summed E-state index contributed by atoms with van der Waals surface area (Å²) in [6.45, 7) is 3.59. The van der Waals surface area contributed by atoms with Gasteiger partial charge < -0.3 is 15.1 Å². The molecule has 2 aromatic heterocycles. The van der Waals surface area contributed by atoms with E-state index in [0.29, 0.717) is 40.1 Å². The molecule has 10 heteroatoms. The van der Waals surface area contributed by atoms with Crippen molar-refractivity contribution in [1.82, 2.24) is 14.9 Å². The highest BCUT2D eigenvalue weighted by atomic mass is 16.2. The monoisotopic (exact) mass is 560 g/mol. The Morgan fingerprint density at radius 2 is 1.69 bits per heavy atom. The van der Waals surface area contributed by atoms with Gasteiger partial charge in [0.2, 0.25) is 12.3 Å². The van der Waals surface area contributed by atoms with Crippen LogP contribution in [0, 0.1) is 11.3 Å². The van der Waals surface area contributed by atoms with Gasteiger partial charge >= 0.3 is 0 Å². The molecule has 3 aliphatic rings. The largest absolute Gasteiger partial charge is 0.355 e. The summed E-state index contributed by atoms with van der Waals surface area (Å²) in [5.41, 5.74) is 2.04. The number of fused-ring (bicyclic) bond motifs is 3. The predicted octanol–water partition coefficient (Wildman–Crippen LogP) is 5.44. The molecule has 1 N–H and O–H groups in total. The van der Waals surface area contributed by atoms with Crippen LogP contribution < -0.4 is 15.1 Å². The molecule has 0 atom stereocenters. The molecule has 4 aromatic rings. The second-order valence-corrected chi connectivity index (χ2v) is 11.0. The van der Waals surface area contributed by atoms with Crippen LogP contribution >= 0.6 is 0 Å². The Balaban J connectivity index is 0.000000585. The predicted molar refractivity (Wildman–Crippen MR) is 166 cm³/mol. The van der Waals surface area contributed by atoms with Gasteiger partial charge in [-0.1, -0.05) is 43.2 Å². The number of aliphatic imine (C=N–C) groups is 1. The number of nitrogens with one attached hydrogen (secondary N) is 1. The van der Waals surface area contributed by atoms with E-state index in [-0.39, 0.29) is 12.3 Å². The van der Waals surface area contributed by atoms with E-state index in [1.54, 1.807) is 19.0 Å². The maximum atomic E-state index is 13.5. The molecule has 212 valence electrons. The Morgan fingerprint density at radius 1 is 0.976 bits per heavy atom. The number of pyridine rings is 2. The van der Waals surface area contributed by atoms with Gasteiger partial charge in [0.25, 0.3) is 0 Å². The highest BCUT2D eigenvalue weighted by Gasteiger charge is 2.36. The minimum Gasteiger partial charge on any atom is -0.355 e. The first kappa shape index (κ1) is 27.1. The molecule has 5 heterocycles. The number of anilines is 4. The van der Waals surface area contributed by atoms with Gasteiger partial charge in [-0.2, -0.15) is 5.26 Å². The minimum atomic E-state index is -0.0632. The fraction of sp³-hybridized carbons (Fsp3) is 0.312. The van der Waals surface area contributed by atoms with E-state index in [9.17, 15) is 14.9 Å².